The van der Waals surface area contributed by atoms with Crippen LogP contribution in [0.25, 0.3) is 0 Å². The van der Waals surface area contributed by atoms with E-state index >= 15 is 0 Å². The average Bonchev–Trinajstić information content (AvgIpc) is 2.86. The quantitative estimate of drug-likeness (QED) is 0.897. The Labute approximate surface area is 123 Å². The summed E-state index contributed by atoms with van der Waals surface area (Å²) < 4.78 is 0. The molecule has 5 heteroatoms. The van der Waals surface area contributed by atoms with E-state index in [0.29, 0.717) is 11.3 Å². The third-order valence-electron chi connectivity index (χ3n) is 4.24. The molecule has 0 bridgehead atoms. The highest BCUT2D eigenvalue weighted by Gasteiger charge is 2.42. The second-order valence-electron chi connectivity index (χ2n) is 5.64. The van der Waals surface area contributed by atoms with E-state index in [1.54, 1.807) is 0 Å². The number of rotatable bonds is 4. The standard InChI is InChI=1S/C15H21NO3S/c1-3-10-7-9-20-12(10)13(17)16-15(2)8-5-4-6-11(15)14(18)19/h7,9,11H,3-6,8H2,1-2H3,(H,16,17)(H,18,19). The van der Waals surface area contributed by atoms with Gasteiger partial charge in [0.05, 0.1) is 16.3 Å². The largest absolute Gasteiger partial charge is 0.481 e. The van der Waals surface area contributed by atoms with Crippen LogP contribution in [0.2, 0.25) is 0 Å². The molecule has 2 atom stereocenters. The summed E-state index contributed by atoms with van der Waals surface area (Å²) in [5.74, 6) is -1.44. The van der Waals surface area contributed by atoms with Gasteiger partial charge in [0.25, 0.3) is 5.91 Å². The zero-order chi connectivity index (χ0) is 14.8. The SMILES string of the molecule is CCc1ccsc1C(=O)NC1(C)CCCCC1C(=O)O. The lowest BCUT2D eigenvalue weighted by Gasteiger charge is -2.39. The van der Waals surface area contributed by atoms with Crippen molar-refractivity contribution in [1.29, 1.82) is 0 Å². The molecule has 0 radical (unpaired) electrons. The molecule has 1 amide bonds. The summed E-state index contributed by atoms with van der Waals surface area (Å²) in [6.07, 6.45) is 4.05. The van der Waals surface area contributed by atoms with E-state index in [4.69, 9.17) is 0 Å². The van der Waals surface area contributed by atoms with Gasteiger partial charge in [-0.15, -0.1) is 11.3 Å². The van der Waals surface area contributed by atoms with Crippen molar-refractivity contribution in [2.75, 3.05) is 0 Å². The summed E-state index contributed by atoms with van der Waals surface area (Å²) in [6, 6.07) is 1.96. The molecule has 2 N–H and O–H groups in total. The van der Waals surface area contributed by atoms with E-state index in [2.05, 4.69) is 5.32 Å². The van der Waals surface area contributed by atoms with Crippen molar-refractivity contribution >= 4 is 23.2 Å². The van der Waals surface area contributed by atoms with E-state index in [-0.39, 0.29) is 5.91 Å². The van der Waals surface area contributed by atoms with E-state index in [1.165, 1.54) is 11.3 Å². The first-order valence-electron chi connectivity index (χ1n) is 7.09. The van der Waals surface area contributed by atoms with Crippen LogP contribution in [0, 0.1) is 5.92 Å². The number of nitrogens with one attached hydrogen (secondary N) is 1. The summed E-state index contributed by atoms with van der Waals surface area (Å²) in [6.45, 7) is 3.88. The van der Waals surface area contributed by atoms with Gasteiger partial charge in [-0.2, -0.15) is 0 Å². The number of carboxylic acid groups (broad SMARTS) is 1. The molecule has 1 aliphatic rings. The minimum atomic E-state index is -0.811. The molecule has 0 spiro atoms. The number of hydrogen-bond donors (Lipinski definition) is 2. The molecular weight excluding hydrogens is 274 g/mol. The first-order valence-corrected chi connectivity index (χ1v) is 7.97. The van der Waals surface area contributed by atoms with Crippen molar-refractivity contribution in [3.63, 3.8) is 0 Å². The number of amides is 1. The topological polar surface area (TPSA) is 66.4 Å². The van der Waals surface area contributed by atoms with Gasteiger partial charge in [0.15, 0.2) is 0 Å². The lowest BCUT2D eigenvalue weighted by atomic mass is 9.74. The van der Waals surface area contributed by atoms with Gasteiger partial charge in [0.1, 0.15) is 0 Å². The molecule has 4 nitrogen and oxygen atoms in total. The lowest BCUT2D eigenvalue weighted by Crippen LogP contribution is -2.55. The molecule has 1 aliphatic carbocycles. The molecular formula is C15H21NO3S. The van der Waals surface area contributed by atoms with E-state index < -0.39 is 17.4 Å². The van der Waals surface area contributed by atoms with Gasteiger partial charge >= 0.3 is 5.97 Å². The van der Waals surface area contributed by atoms with Crippen molar-refractivity contribution in [2.45, 2.75) is 51.5 Å². The van der Waals surface area contributed by atoms with Gasteiger partial charge in [0, 0.05) is 0 Å². The molecule has 1 saturated carbocycles. The maximum Gasteiger partial charge on any atom is 0.308 e. The fraction of sp³-hybridized carbons (Fsp3) is 0.600. The Morgan fingerprint density at radius 2 is 2.25 bits per heavy atom. The van der Waals surface area contributed by atoms with Gasteiger partial charge in [-0.3, -0.25) is 9.59 Å². The molecule has 1 heterocycles. The minimum Gasteiger partial charge on any atom is -0.481 e. The number of carbonyl (C=O) groups is 2. The number of carbonyl (C=O) groups excluding carboxylic acids is 1. The molecule has 0 aliphatic heterocycles. The summed E-state index contributed by atoms with van der Waals surface area (Å²) in [7, 11) is 0. The van der Waals surface area contributed by atoms with Crippen molar-refractivity contribution in [2.24, 2.45) is 5.92 Å². The second kappa shape index (κ2) is 5.95. The first kappa shape index (κ1) is 15.0. The monoisotopic (exact) mass is 295 g/mol. The van der Waals surface area contributed by atoms with Gasteiger partial charge in [-0.05, 0) is 43.2 Å². The Balaban J connectivity index is 2.18. The summed E-state index contributed by atoms with van der Waals surface area (Å²) in [5.41, 5.74) is 0.384. The Morgan fingerprint density at radius 3 is 2.90 bits per heavy atom. The van der Waals surface area contributed by atoms with Crippen LogP contribution in [-0.2, 0) is 11.2 Å². The van der Waals surface area contributed by atoms with Crippen LogP contribution in [0.4, 0.5) is 0 Å². The minimum absolute atomic E-state index is 0.132. The Hall–Kier alpha value is -1.36. The van der Waals surface area contributed by atoms with Crippen LogP contribution >= 0.6 is 11.3 Å². The molecule has 0 saturated heterocycles. The Bertz CT molecular complexity index is 511. The first-order chi connectivity index (χ1) is 9.48. The number of hydrogen-bond acceptors (Lipinski definition) is 3. The van der Waals surface area contributed by atoms with Crippen LogP contribution in [0.15, 0.2) is 11.4 Å². The zero-order valence-corrected chi connectivity index (χ0v) is 12.8. The molecule has 2 rings (SSSR count). The molecule has 1 aromatic heterocycles. The summed E-state index contributed by atoms with van der Waals surface area (Å²) >= 11 is 1.42. The molecule has 0 aromatic carbocycles. The van der Waals surface area contributed by atoms with E-state index in [1.807, 2.05) is 25.3 Å². The number of carboxylic acids is 1. The molecule has 2 unspecified atom stereocenters. The van der Waals surface area contributed by atoms with Crippen LogP contribution in [0.5, 0.6) is 0 Å². The Morgan fingerprint density at radius 1 is 1.50 bits per heavy atom. The van der Waals surface area contributed by atoms with Crippen LogP contribution in [0.1, 0.15) is 54.8 Å². The summed E-state index contributed by atoms with van der Waals surface area (Å²) in [5, 5.41) is 14.3. The van der Waals surface area contributed by atoms with Crippen molar-refractivity contribution in [3.05, 3.63) is 21.9 Å². The van der Waals surface area contributed by atoms with Crippen molar-refractivity contribution in [3.8, 4) is 0 Å². The molecule has 20 heavy (non-hydrogen) atoms. The normalized spacial score (nSPS) is 26.2. The maximum atomic E-state index is 12.4. The van der Waals surface area contributed by atoms with Gasteiger partial charge in [-0.1, -0.05) is 19.8 Å². The van der Waals surface area contributed by atoms with Crippen LogP contribution in [0.3, 0.4) is 0 Å². The molecule has 110 valence electrons. The molecule has 1 fully saturated rings. The fourth-order valence-corrected chi connectivity index (χ4v) is 3.90. The van der Waals surface area contributed by atoms with Crippen LogP contribution < -0.4 is 5.32 Å². The third-order valence-corrected chi connectivity index (χ3v) is 5.19. The van der Waals surface area contributed by atoms with E-state index in [9.17, 15) is 14.7 Å². The van der Waals surface area contributed by atoms with Gasteiger partial charge in [0.2, 0.25) is 0 Å². The average molecular weight is 295 g/mol. The predicted octanol–water partition coefficient (Wildman–Crippen LogP) is 3.07. The predicted molar refractivity (Wildman–Crippen MR) is 79.2 cm³/mol. The summed E-state index contributed by atoms with van der Waals surface area (Å²) in [4.78, 5) is 24.6. The van der Waals surface area contributed by atoms with Gasteiger partial charge < -0.3 is 10.4 Å². The maximum absolute atomic E-state index is 12.4. The highest BCUT2D eigenvalue weighted by molar-refractivity contribution is 7.12. The number of thiophene rings is 1. The highest BCUT2D eigenvalue weighted by Crippen LogP contribution is 2.34. The van der Waals surface area contributed by atoms with E-state index in [0.717, 1.165) is 31.2 Å². The Kier molecular flexibility index (Phi) is 4.48. The second-order valence-corrected chi connectivity index (χ2v) is 6.55. The fourth-order valence-electron chi connectivity index (χ4n) is 3.01. The van der Waals surface area contributed by atoms with Crippen molar-refractivity contribution in [1.82, 2.24) is 5.32 Å². The molecule has 1 aromatic rings. The van der Waals surface area contributed by atoms with Gasteiger partial charge in [-0.25, -0.2) is 0 Å². The number of aryl methyl sites for hydroxylation is 1. The zero-order valence-electron chi connectivity index (χ0n) is 11.9. The smallest absolute Gasteiger partial charge is 0.308 e. The third kappa shape index (κ3) is 2.87. The highest BCUT2D eigenvalue weighted by atomic mass is 32.1. The lowest BCUT2D eigenvalue weighted by molar-refractivity contribution is -0.145. The van der Waals surface area contributed by atoms with Crippen LogP contribution in [-0.4, -0.2) is 22.5 Å². The number of aliphatic carboxylic acids is 1. The van der Waals surface area contributed by atoms with Crippen molar-refractivity contribution < 1.29 is 14.7 Å².